The van der Waals surface area contributed by atoms with Crippen molar-refractivity contribution in [2.75, 3.05) is 0 Å². The molecule has 0 aliphatic heterocycles. The fraction of sp³-hybridized carbons (Fsp3) is 0.400. The van der Waals surface area contributed by atoms with Crippen LogP contribution in [0.15, 0.2) is 12.2 Å². The van der Waals surface area contributed by atoms with Crippen LogP contribution in [0.1, 0.15) is 6.92 Å². The molecule has 2 nitrogen and oxygen atoms in total. The zero-order chi connectivity index (χ0) is 5.70. The minimum Gasteiger partial charge on any atom is -0.325 e. The van der Waals surface area contributed by atoms with Crippen molar-refractivity contribution in [2.45, 2.75) is 13.0 Å². The van der Waals surface area contributed by atoms with Crippen molar-refractivity contribution in [3.63, 3.8) is 0 Å². The van der Waals surface area contributed by atoms with Gasteiger partial charge in [-0.2, -0.15) is 0 Å². The van der Waals surface area contributed by atoms with Crippen molar-refractivity contribution in [3.05, 3.63) is 12.2 Å². The van der Waals surface area contributed by atoms with E-state index in [2.05, 4.69) is 0 Å². The van der Waals surface area contributed by atoms with Gasteiger partial charge >= 0.3 is 0 Å². The van der Waals surface area contributed by atoms with E-state index in [0.717, 1.165) is 0 Å². The molecule has 0 amide bonds. The Kier molecular flexibility index (Phi) is 3.24. The van der Waals surface area contributed by atoms with E-state index >= 15 is 0 Å². The number of hydrogen-bond acceptors (Lipinski definition) is 2. The van der Waals surface area contributed by atoms with Crippen LogP contribution in [0.4, 0.5) is 0 Å². The van der Waals surface area contributed by atoms with Gasteiger partial charge < -0.3 is 11.1 Å². The van der Waals surface area contributed by atoms with Crippen molar-refractivity contribution in [2.24, 2.45) is 5.73 Å². The smallest absolute Gasteiger partial charge is 0.0198 e. The zero-order valence-corrected chi connectivity index (χ0v) is 4.39. The van der Waals surface area contributed by atoms with Crippen LogP contribution in [0.3, 0.4) is 0 Å². The first-order chi connectivity index (χ1) is 3.27. The molecular formula is C5H10N2. The van der Waals surface area contributed by atoms with Crippen molar-refractivity contribution in [1.82, 2.24) is 0 Å². The van der Waals surface area contributed by atoms with Gasteiger partial charge in [-0.3, -0.25) is 0 Å². The maximum absolute atomic E-state index is 6.53. The van der Waals surface area contributed by atoms with E-state index in [9.17, 15) is 0 Å². The van der Waals surface area contributed by atoms with Crippen molar-refractivity contribution in [3.8, 4) is 0 Å². The van der Waals surface area contributed by atoms with Gasteiger partial charge in [-0.25, -0.2) is 0 Å². The molecular weight excluding hydrogens is 88.1 g/mol. The summed E-state index contributed by atoms with van der Waals surface area (Å²) in [4.78, 5) is 0. The van der Waals surface area contributed by atoms with E-state index in [1.807, 2.05) is 6.92 Å². The zero-order valence-electron chi connectivity index (χ0n) is 4.39. The Hall–Kier alpha value is -0.630. The second-order valence-corrected chi connectivity index (χ2v) is 1.41. The van der Waals surface area contributed by atoms with E-state index < -0.39 is 0 Å². The van der Waals surface area contributed by atoms with Gasteiger partial charge in [0.2, 0.25) is 0 Å². The van der Waals surface area contributed by atoms with Crippen molar-refractivity contribution >= 4 is 6.21 Å². The predicted molar refractivity (Wildman–Crippen MR) is 31.6 cm³/mol. The maximum atomic E-state index is 6.53. The summed E-state index contributed by atoms with van der Waals surface area (Å²) in [6.45, 7) is 1.86. The van der Waals surface area contributed by atoms with Crippen LogP contribution >= 0.6 is 0 Å². The summed E-state index contributed by atoms with van der Waals surface area (Å²) in [5.74, 6) is 0. The number of nitrogens with one attached hydrogen (secondary N) is 1. The molecule has 0 aliphatic rings. The molecule has 0 radical (unpaired) electrons. The molecule has 1 atom stereocenters. The van der Waals surface area contributed by atoms with Crippen molar-refractivity contribution < 1.29 is 0 Å². The van der Waals surface area contributed by atoms with Gasteiger partial charge in [0.1, 0.15) is 0 Å². The lowest BCUT2D eigenvalue weighted by Gasteiger charge is -1.88. The normalized spacial score (nSPS) is 14.6. The quantitative estimate of drug-likeness (QED) is 0.486. The molecule has 0 saturated heterocycles. The Morgan fingerprint density at radius 3 is 2.43 bits per heavy atom. The summed E-state index contributed by atoms with van der Waals surface area (Å²) in [5, 5.41) is 6.53. The lowest BCUT2D eigenvalue weighted by atomic mass is 10.3. The molecule has 0 aromatic carbocycles. The van der Waals surface area contributed by atoms with Gasteiger partial charge in [-0.05, 0) is 13.0 Å². The highest BCUT2D eigenvalue weighted by molar-refractivity contribution is 5.67. The molecule has 2 heteroatoms. The standard InChI is InChI=1S/C5H10N2/c1-5(7)3-2-4-6/h2-6H,7H2,1H3/b3-2-,6-4?. The summed E-state index contributed by atoms with van der Waals surface area (Å²) in [6, 6.07) is 0.0709. The van der Waals surface area contributed by atoms with Crippen LogP contribution in [0, 0.1) is 5.41 Å². The first kappa shape index (κ1) is 6.37. The third kappa shape index (κ3) is 5.37. The monoisotopic (exact) mass is 98.1 g/mol. The van der Waals surface area contributed by atoms with Gasteiger partial charge in [0.05, 0.1) is 0 Å². The van der Waals surface area contributed by atoms with Crippen LogP contribution < -0.4 is 5.73 Å². The first-order valence-corrected chi connectivity index (χ1v) is 2.20. The van der Waals surface area contributed by atoms with Crippen LogP contribution in [-0.2, 0) is 0 Å². The summed E-state index contributed by atoms with van der Waals surface area (Å²) in [6.07, 6.45) is 4.58. The van der Waals surface area contributed by atoms with Crippen LogP contribution in [0.5, 0.6) is 0 Å². The molecule has 40 valence electrons. The maximum Gasteiger partial charge on any atom is 0.0198 e. The van der Waals surface area contributed by atoms with Crippen molar-refractivity contribution in [1.29, 1.82) is 5.41 Å². The third-order valence-corrected chi connectivity index (χ3v) is 0.511. The molecule has 0 spiro atoms. The number of hydrogen-bond donors (Lipinski definition) is 2. The molecule has 0 fully saturated rings. The molecule has 0 bridgehead atoms. The Balaban J connectivity index is 3.25. The Morgan fingerprint density at radius 1 is 1.71 bits per heavy atom. The highest BCUT2D eigenvalue weighted by Gasteiger charge is 1.77. The molecule has 1 unspecified atom stereocenters. The second-order valence-electron chi connectivity index (χ2n) is 1.41. The molecule has 0 aromatic rings. The Labute approximate surface area is 43.5 Å². The largest absolute Gasteiger partial charge is 0.325 e. The van der Waals surface area contributed by atoms with Crippen LogP contribution in [-0.4, -0.2) is 12.3 Å². The average Bonchev–Trinajstić information content (AvgIpc) is 1.61. The SMILES string of the molecule is CC(N)/C=C\C=N. The van der Waals surface area contributed by atoms with Crippen LogP contribution in [0.25, 0.3) is 0 Å². The lowest BCUT2D eigenvalue weighted by molar-refractivity contribution is 0.927. The molecule has 3 N–H and O–H groups in total. The number of allylic oxidation sites excluding steroid dienone is 1. The Bertz CT molecular complexity index is 74.1. The lowest BCUT2D eigenvalue weighted by Crippen LogP contribution is -2.09. The Morgan fingerprint density at radius 2 is 2.29 bits per heavy atom. The first-order valence-electron chi connectivity index (χ1n) is 2.20. The average molecular weight is 98.1 g/mol. The van der Waals surface area contributed by atoms with E-state index in [4.69, 9.17) is 11.1 Å². The van der Waals surface area contributed by atoms with Gasteiger partial charge in [0.25, 0.3) is 0 Å². The molecule has 0 saturated carbocycles. The topological polar surface area (TPSA) is 49.9 Å². The van der Waals surface area contributed by atoms with E-state index in [1.54, 1.807) is 12.2 Å². The van der Waals surface area contributed by atoms with Gasteiger partial charge in [-0.1, -0.05) is 6.08 Å². The highest BCUT2D eigenvalue weighted by atomic mass is 14.6. The summed E-state index contributed by atoms with van der Waals surface area (Å²) in [7, 11) is 0. The predicted octanol–water partition coefficient (Wildman–Crippen LogP) is 0.539. The summed E-state index contributed by atoms with van der Waals surface area (Å²) in [5.41, 5.74) is 5.29. The number of rotatable bonds is 2. The molecule has 0 heterocycles. The van der Waals surface area contributed by atoms with Crippen LogP contribution in [0.2, 0.25) is 0 Å². The number of nitrogens with two attached hydrogens (primary N) is 1. The van der Waals surface area contributed by atoms with Gasteiger partial charge in [0, 0.05) is 12.3 Å². The minimum atomic E-state index is 0.0709. The summed E-state index contributed by atoms with van der Waals surface area (Å²) >= 11 is 0. The van der Waals surface area contributed by atoms with Gasteiger partial charge in [-0.15, -0.1) is 0 Å². The second kappa shape index (κ2) is 3.56. The van der Waals surface area contributed by atoms with E-state index in [-0.39, 0.29) is 6.04 Å². The van der Waals surface area contributed by atoms with E-state index in [1.165, 1.54) is 6.21 Å². The molecule has 0 aromatic heterocycles. The van der Waals surface area contributed by atoms with Gasteiger partial charge in [0.15, 0.2) is 0 Å². The van der Waals surface area contributed by atoms with E-state index in [0.29, 0.717) is 0 Å². The fourth-order valence-corrected chi connectivity index (χ4v) is 0.231. The minimum absolute atomic E-state index is 0.0709. The fourth-order valence-electron chi connectivity index (χ4n) is 0.231. The third-order valence-electron chi connectivity index (χ3n) is 0.511. The summed E-state index contributed by atoms with van der Waals surface area (Å²) < 4.78 is 0. The molecule has 7 heavy (non-hydrogen) atoms. The highest BCUT2D eigenvalue weighted by Crippen LogP contribution is 1.73. The molecule has 0 rings (SSSR count). The molecule has 0 aliphatic carbocycles.